The highest BCUT2D eigenvalue weighted by atomic mass is 35.5. The molecule has 266 valence electrons. The highest BCUT2D eigenvalue weighted by Crippen LogP contribution is 2.38. The van der Waals surface area contributed by atoms with Crippen LogP contribution >= 0.6 is 34.7 Å². The van der Waals surface area contributed by atoms with Crippen LogP contribution in [0.2, 0.25) is 5.02 Å². The molecule has 5 aromatic carbocycles. The third-order valence-corrected chi connectivity index (χ3v) is 10.0. The van der Waals surface area contributed by atoms with E-state index in [2.05, 4.69) is 20.9 Å². The molecular weight excluding hydrogens is 728 g/mol. The Morgan fingerprint density at radius 3 is 2.26 bits per heavy atom. The molecule has 0 saturated carbocycles. The molecule has 1 unspecified atom stereocenters. The first-order chi connectivity index (χ1) is 25.8. The zero-order valence-electron chi connectivity index (χ0n) is 28.5. The Bertz CT molecular complexity index is 2260. The van der Waals surface area contributed by atoms with E-state index in [-0.39, 0.29) is 11.6 Å². The molecule has 6 aromatic rings. The molecule has 9 nitrogen and oxygen atoms in total. The Morgan fingerprint density at radius 2 is 1.53 bits per heavy atom. The van der Waals surface area contributed by atoms with Gasteiger partial charge in [-0.25, -0.2) is 4.98 Å². The first-order valence-electron chi connectivity index (χ1n) is 16.2. The van der Waals surface area contributed by atoms with Gasteiger partial charge in [0, 0.05) is 32.1 Å². The number of ether oxygens (including phenoxy) is 2. The minimum absolute atomic E-state index is 0.0246. The Kier molecular flexibility index (Phi) is 12.2. The second-order valence-electron chi connectivity index (χ2n) is 11.4. The minimum Gasteiger partial charge on any atom is -0.493 e. The molecule has 0 saturated heterocycles. The lowest BCUT2D eigenvalue weighted by atomic mass is 10.1. The Labute approximate surface area is 320 Å². The van der Waals surface area contributed by atoms with Crippen molar-refractivity contribution in [3.8, 4) is 22.8 Å². The number of thiazole rings is 1. The van der Waals surface area contributed by atoms with E-state index < -0.39 is 17.1 Å². The van der Waals surface area contributed by atoms with Gasteiger partial charge < -0.3 is 25.4 Å². The van der Waals surface area contributed by atoms with E-state index in [1.54, 1.807) is 93.1 Å². The number of halogens is 1. The monoisotopic (exact) mass is 760 g/mol. The first-order valence-corrected chi connectivity index (χ1v) is 18.4. The molecule has 3 amide bonds. The van der Waals surface area contributed by atoms with Crippen LogP contribution in [0, 0.1) is 0 Å². The lowest BCUT2D eigenvalue weighted by molar-refractivity contribution is -0.116. The van der Waals surface area contributed by atoms with Crippen LogP contribution in [0.15, 0.2) is 143 Å². The van der Waals surface area contributed by atoms with E-state index in [9.17, 15) is 14.4 Å². The predicted molar refractivity (Wildman–Crippen MR) is 213 cm³/mol. The van der Waals surface area contributed by atoms with Crippen LogP contribution in [0.25, 0.3) is 17.3 Å². The highest BCUT2D eigenvalue weighted by molar-refractivity contribution is 8.00. The van der Waals surface area contributed by atoms with Crippen LogP contribution in [0.5, 0.6) is 11.5 Å². The zero-order valence-corrected chi connectivity index (χ0v) is 30.9. The van der Waals surface area contributed by atoms with Gasteiger partial charge in [-0.15, -0.1) is 23.1 Å². The molecule has 53 heavy (non-hydrogen) atoms. The summed E-state index contributed by atoms with van der Waals surface area (Å²) in [5.41, 5.74) is 3.81. The van der Waals surface area contributed by atoms with Crippen LogP contribution in [0.3, 0.4) is 0 Å². The maximum absolute atomic E-state index is 13.9. The summed E-state index contributed by atoms with van der Waals surface area (Å²) in [7, 11) is 3.15. The van der Waals surface area contributed by atoms with Gasteiger partial charge >= 0.3 is 0 Å². The molecule has 1 atom stereocenters. The van der Waals surface area contributed by atoms with Gasteiger partial charge in [0.2, 0.25) is 5.91 Å². The zero-order chi connectivity index (χ0) is 37.2. The molecule has 0 fully saturated rings. The van der Waals surface area contributed by atoms with Crippen molar-refractivity contribution >= 4 is 69.3 Å². The predicted octanol–water partition coefficient (Wildman–Crippen LogP) is 9.36. The standard InChI is InChI=1S/C41H33ClN4O5S2/c1-50-35-20-19-29(23-36(35)51-2)34-25-52-41(45-34)46-40(49)37(27-12-5-3-6-13-27)53-32-18-10-17-31(24-32)43-39(48)33(22-26-11-9-16-30(42)21-26)44-38(47)28-14-7-4-8-15-28/h3-25,37H,1-2H3,(H,43,48)(H,44,47)(H,45,46,49)/b33-22-. The summed E-state index contributed by atoms with van der Waals surface area (Å²) < 4.78 is 10.8. The quantitative estimate of drug-likeness (QED) is 0.0793. The first kappa shape index (κ1) is 36.9. The molecule has 3 N–H and O–H groups in total. The fourth-order valence-electron chi connectivity index (χ4n) is 5.22. The summed E-state index contributed by atoms with van der Waals surface area (Å²) >= 11 is 8.84. The van der Waals surface area contributed by atoms with Gasteiger partial charge in [0.25, 0.3) is 11.8 Å². The Morgan fingerprint density at radius 1 is 0.792 bits per heavy atom. The Hall–Kier alpha value is -5.88. The van der Waals surface area contributed by atoms with E-state index in [1.807, 2.05) is 60.0 Å². The van der Waals surface area contributed by atoms with E-state index in [0.29, 0.717) is 44.2 Å². The molecule has 12 heteroatoms. The number of thioether (sulfide) groups is 1. The summed E-state index contributed by atoms with van der Waals surface area (Å²) in [6, 6.07) is 37.7. The summed E-state index contributed by atoms with van der Waals surface area (Å²) in [5.74, 6) is -0.0587. The molecule has 6 rings (SSSR count). The highest BCUT2D eigenvalue weighted by Gasteiger charge is 2.24. The van der Waals surface area contributed by atoms with E-state index >= 15 is 0 Å². The van der Waals surface area contributed by atoms with Crippen molar-refractivity contribution in [2.75, 3.05) is 24.9 Å². The lowest BCUT2D eigenvalue weighted by Gasteiger charge is -2.17. The van der Waals surface area contributed by atoms with Crippen LogP contribution < -0.4 is 25.4 Å². The van der Waals surface area contributed by atoms with Crippen molar-refractivity contribution in [1.82, 2.24) is 10.3 Å². The van der Waals surface area contributed by atoms with Crippen molar-refractivity contribution in [2.24, 2.45) is 0 Å². The number of nitrogens with one attached hydrogen (secondary N) is 3. The third kappa shape index (κ3) is 9.72. The molecule has 0 aliphatic carbocycles. The van der Waals surface area contributed by atoms with Gasteiger partial charge in [-0.1, -0.05) is 78.3 Å². The largest absolute Gasteiger partial charge is 0.493 e. The summed E-state index contributed by atoms with van der Waals surface area (Å²) in [6.45, 7) is 0. The van der Waals surface area contributed by atoms with Crippen LogP contribution in [-0.2, 0) is 9.59 Å². The van der Waals surface area contributed by atoms with Gasteiger partial charge in [-0.2, -0.15) is 0 Å². The van der Waals surface area contributed by atoms with E-state index in [0.717, 1.165) is 16.0 Å². The number of benzene rings is 5. The van der Waals surface area contributed by atoms with Crippen molar-refractivity contribution < 1.29 is 23.9 Å². The third-order valence-electron chi connectivity index (χ3n) is 7.79. The topological polar surface area (TPSA) is 119 Å². The summed E-state index contributed by atoms with van der Waals surface area (Å²) in [4.78, 5) is 46.1. The average Bonchev–Trinajstić information content (AvgIpc) is 3.65. The number of amides is 3. The van der Waals surface area contributed by atoms with E-state index in [1.165, 1.54) is 23.1 Å². The fraction of sp³-hybridized carbons (Fsp3) is 0.0732. The molecule has 0 radical (unpaired) electrons. The van der Waals surface area contributed by atoms with Gasteiger partial charge in [-0.05, 0) is 77.9 Å². The van der Waals surface area contributed by atoms with Gasteiger partial charge in [0.15, 0.2) is 16.6 Å². The number of hydrogen-bond acceptors (Lipinski definition) is 8. The molecule has 1 aromatic heterocycles. The lowest BCUT2D eigenvalue weighted by Crippen LogP contribution is -2.30. The normalized spacial score (nSPS) is 11.6. The van der Waals surface area contributed by atoms with Crippen LogP contribution in [-0.4, -0.2) is 36.9 Å². The van der Waals surface area contributed by atoms with Crippen LogP contribution in [0.4, 0.5) is 10.8 Å². The second kappa shape index (κ2) is 17.6. The molecule has 0 aliphatic rings. The maximum atomic E-state index is 13.9. The SMILES string of the molecule is COc1ccc(-c2csc(NC(=O)C(Sc3cccc(NC(=O)/C(=C/c4cccc(Cl)c4)NC(=O)c4ccccc4)c3)c3ccccc3)n2)cc1OC. The number of rotatable bonds is 13. The Balaban J connectivity index is 1.21. The summed E-state index contributed by atoms with van der Waals surface area (Å²) in [5, 5.41) is 10.8. The van der Waals surface area contributed by atoms with Gasteiger partial charge in [-0.3, -0.25) is 14.4 Å². The van der Waals surface area contributed by atoms with E-state index in [4.69, 9.17) is 21.1 Å². The van der Waals surface area contributed by atoms with Crippen molar-refractivity contribution in [2.45, 2.75) is 10.1 Å². The minimum atomic E-state index is -0.654. The smallest absolute Gasteiger partial charge is 0.272 e. The van der Waals surface area contributed by atoms with Crippen molar-refractivity contribution in [3.05, 3.63) is 160 Å². The molecule has 0 bridgehead atoms. The molecule has 1 heterocycles. The average molecular weight is 761 g/mol. The molecular formula is C41H33ClN4O5S2. The second-order valence-corrected chi connectivity index (χ2v) is 13.9. The number of anilines is 2. The van der Waals surface area contributed by atoms with Gasteiger partial charge in [0.1, 0.15) is 10.9 Å². The number of nitrogens with zero attached hydrogens (tertiary/aromatic N) is 1. The van der Waals surface area contributed by atoms with Crippen molar-refractivity contribution in [1.29, 1.82) is 0 Å². The molecule has 0 spiro atoms. The molecule has 0 aliphatic heterocycles. The maximum Gasteiger partial charge on any atom is 0.272 e. The number of hydrogen-bond donors (Lipinski definition) is 3. The van der Waals surface area contributed by atoms with Gasteiger partial charge in [0.05, 0.1) is 19.9 Å². The van der Waals surface area contributed by atoms with Crippen LogP contribution in [0.1, 0.15) is 26.7 Å². The number of carbonyl (C=O) groups is 3. The summed E-state index contributed by atoms with van der Waals surface area (Å²) in [6.07, 6.45) is 1.56. The number of carbonyl (C=O) groups excluding carboxylic acids is 3. The number of methoxy groups -OCH3 is 2. The fourth-order valence-corrected chi connectivity index (χ4v) is 7.22. The number of aromatic nitrogens is 1. The van der Waals surface area contributed by atoms with Crippen molar-refractivity contribution in [3.63, 3.8) is 0 Å².